The molecule has 0 bridgehead atoms. The highest BCUT2D eigenvalue weighted by atomic mass is 19.1. The summed E-state index contributed by atoms with van der Waals surface area (Å²) < 4.78 is 17.6. The Hall–Kier alpha value is -4.25. The third-order valence-corrected chi connectivity index (χ3v) is 5.47. The largest absolute Gasteiger partial charge is 0.313 e. The molecule has 148 valence electrons. The number of rotatable bonds is 3. The minimum absolute atomic E-state index is 0.273. The van der Waals surface area contributed by atoms with E-state index < -0.39 is 0 Å². The fourth-order valence-corrected chi connectivity index (χ4v) is 4.00. The smallest absolute Gasteiger partial charge is 0.123 e. The summed E-state index contributed by atoms with van der Waals surface area (Å²) in [6.45, 7) is 0. The van der Waals surface area contributed by atoms with Gasteiger partial charge in [-0.1, -0.05) is 30.3 Å². The number of nitrogens with zero attached hydrogens (tertiary/aromatic N) is 4. The average Bonchev–Trinajstić information content (AvgIpc) is 3.48. The number of hydrogen-bond donors (Lipinski definition) is 0. The summed E-state index contributed by atoms with van der Waals surface area (Å²) in [6, 6.07) is 28.5. The standard InChI is InChI=1S/C26H17FN4/c27-19-14-12-18(13-15-19)25-21(17-31(29-25)20-7-2-1-3-8-20)26-24-11-6-16-30(24)23-10-5-4-9-22(23)28-26/h1-17H. The zero-order chi connectivity index (χ0) is 20.8. The highest BCUT2D eigenvalue weighted by Crippen LogP contribution is 2.35. The van der Waals surface area contributed by atoms with E-state index in [-0.39, 0.29) is 5.82 Å². The number of hydrogen-bond acceptors (Lipinski definition) is 2. The van der Waals surface area contributed by atoms with Crippen molar-refractivity contribution in [3.63, 3.8) is 0 Å². The van der Waals surface area contributed by atoms with Crippen molar-refractivity contribution >= 4 is 16.6 Å². The van der Waals surface area contributed by atoms with Gasteiger partial charge in [0.2, 0.25) is 0 Å². The maximum absolute atomic E-state index is 13.6. The molecule has 3 heterocycles. The highest BCUT2D eigenvalue weighted by Gasteiger charge is 2.19. The maximum Gasteiger partial charge on any atom is 0.123 e. The highest BCUT2D eigenvalue weighted by molar-refractivity contribution is 5.92. The van der Waals surface area contributed by atoms with Gasteiger partial charge >= 0.3 is 0 Å². The summed E-state index contributed by atoms with van der Waals surface area (Å²) in [5, 5.41) is 4.87. The van der Waals surface area contributed by atoms with Crippen LogP contribution in [0.3, 0.4) is 0 Å². The van der Waals surface area contributed by atoms with Crippen LogP contribution < -0.4 is 0 Å². The Morgan fingerprint density at radius 1 is 0.677 bits per heavy atom. The first-order valence-electron chi connectivity index (χ1n) is 10.1. The molecule has 0 aliphatic heterocycles. The second-order valence-corrected chi connectivity index (χ2v) is 7.39. The van der Waals surface area contributed by atoms with E-state index in [2.05, 4.69) is 16.5 Å². The van der Waals surface area contributed by atoms with Crippen molar-refractivity contribution in [3.8, 4) is 28.2 Å². The van der Waals surface area contributed by atoms with Gasteiger partial charge in [-0.3, -0.25) is 0 Å². The first kappa shape index (κ1) is 17.6. The zero-order valence-electron chi connectivity index (χ0n) is 16.5. The third kappa shape index (κ3) is 2.90. The Morgan fingerprint density at radius 2 is 1.42 bits per heavy atom. The summed E-state index contributed by atoms with van der Waals surface area (Å²) in [5.41, 5.74) is 7.22. The first-order valence-corrected chi connectivity index (χ1v) is 10.1. The van der Waals surface area contributed by atoms with Crippen molar-refractivity contribution in [2.75, 3.05) is 0 Å². The third-order valence-electron chi connectivity index (χ3n) is 5.47. The van der Waals surface area contributed by atoms with Gasteiger partial charge in [-0.25, -0.2) is 14.1 Å². The lowest BCUT2D eigenvalue weighted by molar-refractivity contribution is 0.628. The van der Waals surface area contributed by atoms with Crippen LogP contribution in [0.4, 0.5) is 4.39 Å². The van der Waals surface area contributed by atoms with Crippen molar-refractivity contribution in [2.24, 2.45) is 0 Å². The number of halogens is 1. The van der Waals surface area contributed by atoms with Gasteiger partial charge in [-0.2, -0.15) is 5.10 Å². The van der Waals surface area contributed by atoms with E-state index in [1.54, 1.807) is 12.1 Å². The summed E-state index contributed by atoms with van der Waals surface area (Å²) >= 11 is 0. The Labute approximate surface area is 177 Å². The molecule has 0 saturated heterocycles. The molecule has 0 saturated carbocycles. The van der Waals surface area contributed by atoms with Gasteiger partial charge in [0, 0.05) is 23.5 Å². The van der Waals surface area contributed by atoms with Crippen molar-refractivity contribution in [1.82, 2.24) is 19.2 Å². The zero-order valence-corrected chi connectivity index (χ0v) is 16.5. The van der Waals surface area contributed by atoms with Gasteiger partial charge in [-0.15, -0.1) is 0 Å². The molecule has 31 heavy (non-hydrogen) atoms. The Bertz CT molecular complexity index is 1530. The fourth-order valence-electron chi connectivity index (χ4n) is 4.00. The van der Waals surface area contributed by atoms with Crippen LogP contribution >= 0.6 is 0 Å². The van der Waals surface area contributed by atoms with Crippen LogP contribution in [0.5, 0.6) is 0 Å². The summed E-state index contributed by atoms with van der Waals surface area (Å²) in [6.07, 6.45) is 4.04. The van der Waals surface area contributed by atoms with Gasteiger partial charge in [0.1, 0.15) is 11.5 Å². The normalized spacial score (nSPS) is 11.4. The Kier molecular flexibility index (Phi) is 3.93. The van der Waals surface area contributed by atoms with Crippen LogP contribution in [0.25, 0.3) is 44.8 Å². The van der Waals surface area contributed by atoms with E-state index in [0.29, 0.717) is 0 Å². The van der Waals surface area contributed by atoms with Crippen molar-refractivity contribution < 1.29 is 4.39 Å². The molecule has 6 rings (SSSR count). The lowest BCUT2D eigenvalue weighted by atomic mass is 10.0. The van der Waals surface area contributed by atoms with Gasteiger partial charge in [0.25, 0.3) is 0 Å². The topological polar surface area (TPSA) is 35.1 Å². The fraction of sp³-hybridized carbons (Fsp3) is 0. The molecule has 0 atom stereocenters. The van der Waals surface area contributed by atoms with Crippen molar-refractivity contribution in [1.29, 1.82) is 0 Å². The van der Waals surface area contributed by atoms with Crippen LogP contribution in [0, 0.1) is 5.82 Å². The molecule has 0 unspecified atom stereocenters. The van der Waals surface area contributed by atoms with E-state index >= 15 is 0 Å². The van der Waals surface area contributed by atoms with Crippen LogP contribution in [0.15, 0.2) is 103 Å². The van der Waals surface area contributed by atoms with Crippen LogP contribution in [-0.4, -0.2) is 19.2 Å². The summed E-state index contributed by atoms with van der Waals surface area (Å²) in [7, 11) is 0. The van der Waals surface area contributed by atoms with Gasteiger partial charge in [0.15, 0.2) is 0 Å². The number of aromatic nitrogens is 4. The predicted molar refractivity (Wildman–Crippen MR) is 121 cm³/mol. The molecule has 0 aliphatic carbocycles. The van der Waals surface area contributed by atoms with Crippen LogP contribution in [0.2, 0.25) is 0 Å². The second-order valence-electron chi connectivity index (χ2n) is 7.39. The van der Waals surface area contributed by atoms with E-state index in [1.807, 2.05) is 71.7 Å². The van der Waals surface area contributed by atoms with Crippen LogP contribution in [-0.2, 0) is 0 Å². The molecule has 0 N–H and O–H groups in total. The van der Waals surface area contributed by atoms with E-state index in [4.69, 9.17) is 10.1 Å². The van der Waals surface area contributed by atoms with E-state index in [1.165, 1.54) is 12.1 Å². The first-order chi connectivity index (χ1) is 15.3. The van der Waals surface area contributed by atoms with E-state index in [9.17, 15) is 4.39 Å². The quantitative estimate of drug-likeness (QED) is 0.355. The summed E-state index contributed by atoms with van der Waals surface area (Å²) in [5.74, 6) is -0.273. The Balaban J connectivity index is 1.67. The minimum Gasteiger partial charge on any atom is -0.313 e. The molecule has 0 radical (unpaired) electrons. The lowest BCUT2D eigenvalue weighted by Crippen LogP contribution is -1.95. The predicted octanol–water partition coefficient (Wildman–Crippen LogP) is 6.15. The molecule has 4 nitrogen and oxygen atoms in total. The molecular formula is C26H17FN4. The number of para-hydroxylation sites is 3. The molecular weight excluding hydrogens is 387 g/mol. The molecule has 0 aliphatic rings. The van der Waals surface area contributed by atoms with Crippen molar-refractivity contribution in [2.45, 2.75) is 0 Å². The molecule has 5 heteroatoms. The molecule has 0 amide bonds. The molecule has 0 fully saturated rings. The Morgan fingerprint density at radius 3 is 2.26 bits per heavy atom. The monoisotopic (exact) mass is 404 g/mol. The second kappa shape index (κ2) is 6.92. The SMILES string of the molecule is Fc1ccc(-c2nn(-c3ccccc3)cc2-c2nc3ccccc3n3cccc23)cc1. The number of benzene rings is 3. The maximum atomic E-state index is 13.6. The summed E-state index contributed by atoms with van der Waals surface area (Å²) in [4.78, 5) is 5.01. The minimum atomic E-state index is -0.273. The van der Waals surface area contributed by atoms with E-state index in [0.717, 1.165) is 44.8 Å². The van der Waals surface area contributed by atoms with Gasteiger partial charge in [-0.05, 0) is 60.7 Å². The molecule has 3 aromatic heterocycles. The molecule has 0 spiro atoms. The van der Waals surface area contributed by atoms with Gasteiger partial charge in [0.05, 0.1) is 27.9 Å². The molecule has 6 aromatic rings. The average molecular weight is 404 g/mol. The van der Waals surface area contributed by atoms with Crippen molar-refractivity contribution in [3.05, 3.63) is 109 Å². The van der Waals surface area contributed by atoms with Crippen LogP contribution in [0.1, 0.15) is 0 Å². The molecule has 3 aromatic carbocycles. The number of fused-ring (bicyclic) bond motifs is 3. The lowest BCUT2D eigenvalue weighted by Gasteiger charge is -2.09. The van der Waals surface area contributed by atoms with Gasteiger partial charge < -0.3 is 4.40 Å².